The van der Waals surface area contributed by atoms with Gasteiger partial charge in [0.15, 0.2) is 0 Å². The van der Waals surface area contributed by atoms with Crippen molar-refractivity contribution in [1.82, 2.24) is 5.32 Å². The van der Waals surface area contributed by atoms with E-state index in [1.807, 2.05) is 31.2 Å². The van der Waals surface area contributed by atoms with E-state index in [2.05, 4.69) is 5.32 Å². The van der Waals surface area contributed by atoms with Crippen molar-refractivity contribution in [2.45, 2.75) is 6.92 Å². The highest BCUT2D eigenvalue weighted by Gasteiger charge is 2.23. The van der Waals surface area contributed by atoms with Crippen LogP contribution in [0.1, 0.15) is 11.1 Å². The van der Waals surface area contributed by atoms with Crippen molar-refractivity contribution in [3.05, 3.63) is 41.2 Å². The van der Waals surface area contributed by atoms with Crippen LogP contribution in [0.4, 0.5) is 0 Å². The summed E-state index contributed by atoms with van der Waals surface area (Å²) in [6.45, 7) is 2.19. The number of amides is 1. The Morgan fingerprint density at radius 2 is 2.21 bits per heavy atom. The molecule has 0 saturated carbocycles. The lowest BCUT2D eigenvalue weighted by Crippen LogP contribution is -2.17. The molecular formula is C11H11NO2. The zero-order chi connectivity index (χ0) is 10.1. The minimum atomic E-state index is -0.201. The number of hydrogen-bond acceptors (Lipinski definition) is 2. The molecule has 1 aromatic rings. The van der Waals surface area contributed by atoms with Gasteiger partial charge in [0, 0.05) is 0 Å². The molecule has 72 valence electrons. The SMILES string of the molecule is Cc1cccc(C2=C(O)CNC2=O)c1. The van der Waals surface area contributed by atoms with Gasteiger partial charge in [-0.05, 0) is 12.5 Å². The van der Waals surface area contributed by atoms with Gasteiger partial charge in [0.25, 0.3) is 5.91 Å². The fourth-order valence-corrected chi connectivity index (χ4v) is 1.57. The molecule has 0 aromatic heterocycles. The summed E-state index contributed by atoms with van der Waals surface area (Å²) in [6, 6.07) is 7.53. The van der Waals surface area contributed by atoms with Crippen molar-refractivity contribution in [1.29, 1.82) is 0 Å². The molecule has 1 amide bonds. The number of nitrogens with one attached hydrogen (secondary N) is 1. The van der Waals surface area contributed by atoms with Crippen molar-refractivity contribution in [3.8, 4) is 0 Å². The second-order valence-corrected chi connectivity index (χ2v) is 3.37. The Morgan fingerprint density at radius 3 is 2.79 bits per heavy atom. The first kappa shape index (κ1) is 8.81. The Labute approximate surface area is 82.1 Å². The maximum Gasteiger partial charge on any atom is 0.255 e. The van der Waals surface area contributed by atoms with Crippen LogP contribution in [0.15, 0.2) is 30.0 Å². The van der Waals surface area contributed by atoms with Gasteiger partial charge in [-0.3, -0.25) is 4.79 Å². The Hall–Kier alpha value is -1.77. The van der Waals surface area contributed by atoms with E-state index >= 15 is 0 Å². The van der Waals surface area contributed by atoms with Gasteiger partial charge in [0.05, 0.1) is 12.1 Å². The summed E-state index contributed by atoms with van der Waals surface area (Å²) < 4.78 is 0. The Balaban J connectivity index is 2.49. The predicted octanol–water partition coefficient (Wildman–Crippen LogP) is 1.39. The largest absolute Gasteiger partial charge is 0.510 e. The molecular weight excluding hydrogens is 178 g/mol. The molecule has 3 heteroatoms. The standard InChI is InChI=1S/C11H11NO2/c1-7-3-2-4-8(5-7)10-9(13)6-12-11(10)14/h2-5,13H,6H2,1H3,(H,12,14). The maximum atomic E-state index is 11.4. The first-order valence-corrected chi connectivity index (χ1v) is 4.46. The van der Waals surface area contributed by atoms with Crippen LogP contribution in [0, 0.1) is 6.92 Å². The molecule has 0 atom stereocenters. The number of carbonyl (C=O) groups is 1. The van der Waals surface area contributed by atoms with Crippen LogP contribution in [0.3, 0.4) is 0 Å². The van der Waals surface area contributed by atoms with Gasteiger partial charge in [-0.15, -0.1) is 0 Å². The number of carbonyl (C=O) groups excluding carboxylic acids is 1. The van der Waals surface area contributed by atoms with Crippen LogP contribution in [-0.4, -0.2) is 17.6 Å². The summed E-state index contributed by atoms with van der Waals surface area (Å²) in [4.78, 5) is 11.4. The van der Waals surface area contributed by atoms with E-state index < -0.39 is 0 Å². The highest BCUT2D eigenvalue weighted by molar-refractivity contribution is 6.22. The van der Waals surface area contributed by atoms with E-state index in [1.54, 1.807) is 0 Å². The van der Waals surface area contributed by atoms with E-state index in [1.165, 1.54) is 0 Å². The Bertz CT molecular complexity index is 421. The summed E-state index contributed by atoms with van der Waals surface area (Å²) in [7, 11) is 0. The van der Waals surface area contributed by atoms with Crippen LogP contribution < -0.4 is 5.32 Å². The van der Waals surface area contributed by atoms with E-state index in [0.717, 1.165) is 11.1 Å². The molecule has 1 aromatic carbocycles. The van der Waals surface area contributed by atoms with Crippen LogP contribution in [0.2, 0.25) is 0 Å². The molecule has 0 unspecified atom stereocenters. The minimum absolute atomic E-state index is 0.126. The topological polar surface area (TPSA) is 49.3 Å². The Morgan fingerprint density at radius 1 is 1.43 bits per heavy atom. The van der Waals surface area contributed by atoms with Crippen LogP contribution >= 0.6 is 0 Å². The van der Waals surface area contributed by atoms with Gasteiger partial charge in [0.1, 0.15) is 5.76 Å². The zero-order valence-electron chi connectivity index (χ0n) is 7.87. The molecule has 1 aliphatic rings. The fourth-order valence-electron chi connectivity index (χ4n) is 1.57. The van der Waals surface area contributed by atoms with Gasteiger partial charge < -0.3 is 10.4 Å². The number of rotatable bonds is 1. The smallest absolute Gasteiger partial charge is 0.255 e. The quantitative estimate of drug-likeness (QED) is 0.701. The van der Waals surface area contributed by atoms with Crippen LogP contribution in [0.25, 0.3) is 5.57 Å². The van der Waals surface area contributed by atoms with Crippen molar-refractivity contribution < 1.29 is 9.90 Å². The van der Waals surface area contributed by atoms with Crippen molar-refractivity contribution in [2.24, 2.45) is 0 Å². The van der Waals surface area contributed by atoms with E-state index in [4.69, 9.17) is 0 Å². The van der Waals surface area contributed by atoms with Gasteiger partial charge in [0.2, 0.25) is 0 Å². The van der Waals surface area contributed by atoms with E-state index in [9.17, 15) is 9.90 Å². The van der Waals surface area contributed by atoms with Gasteiger partial charge in [-0.2, -0.15) is 0 Å². The monoisotopic (exact) mass is 189 g/mol. The first-order valence-electron chi connectivity index (χ1n) is 4.46. The third-order valence-electron chi connectivity index (χ3n) is 2.24. The number of benzene rings is 1. The average Bonchev–Trinajstić information content (AvgIpc) is 2.46. The second-order valence-electron chi connectivity index (χ2n) is 3.37. The molecule has 0 fully saturated rings. The number of aliphatic hydroxyl groups excluding tert-OH is 1. The van der Waals surface area contributed by atoms with Crippen LogP contribution in [0.5, 0.6) is 0 Å². The normalized spacial score (nSPS) is 15.9. The lowest BCUT2D eigenvalue weighted by molar-refractivity contribution is -0.114. The molecule has 0 saturated heterocycles. The molecule has 0 spiro atoms. The van der Waals surface area contributed by atoms with Crippen LogP contribution in [-0.2, 0) is 4.79 Å². The lowest BCUT2D eigenvalue weighted by atomic mass is 10.0. The average molecular weight is 189 g/mol. The zero-order valence-corrected chi connectivity index (χ0v) is 7.87. The summed E-state index contributed by atoms with van der Waals surface area (Å²) in [6.07, 6.45) is 0. The summed E-state index contributed by atoms with van der Waals surface area (Å²) in [5.41, 5.74) is 2.24. The van der Waals surface area contributed by atoms with Gasteiger partial charge >= 0.3 is 0 Å². The molecule has 0 aliphatic carbocycles. The lowest BCUT2D eigenvalue weighted by Gasteiger charge is -2.01. The molecule has 2 N–H and O–H groups in total. The molecule has 1 heterocycles. The summed E-state index contributed by atoms with van der Waals surface area (Å²) >= 11 is 0. The molecule has 2 rings (SSSR count). The van der Waals surface area contributed by atoms with E-state index in [-0.39, 0.29) is 18.2 Å². The number of aliphatic hydroxyl groups is 1. The highest BCUT2D eigenvalue weighted by atomic mass is 16.3. The predicted molar refractivity (Wildman–Crippen MR) is 53.7 cm³/mol. The van der Waals surface area contributed by atoms with Crippen molar-refractivity contribution in [2.75, 3.05) is 6.54 Å². The summed E-state index contributed by atoms with van der Waals surface area (Å²) in [5.74, 6) is -0.0753. The third kappa shape index (κ3) is 1.37. The third-order valence-corrected chi connectivity index (χ3v) is 2.24. The molecule has 0 bridgehead atoms. The maximum absolute atomic E-state index is 11.4. The van der Waals surface area contributed by atoms with Gasteiger partial charge in [-0.25, -0.2) is 0 Å². The minimum Gasteiger partial charge on any atom is -0.510 e. The number of hydrogen-bond donors (Lipinski definition) is 2. The second kappa shape index (κ2) is 3.18. The molecule has 3 nitrogen and oxygen atoms in total. The number of aryl methyl sites for hydroxylation is 1. The van der Waals surface area contributed by atoms with Gasteiger partial charge in [-0.1, -0.05) is 29.8 Å². The Kier molecular flexibility index (Phi) is 2.00. The fraction of sp³-hybridized carbons (Fsp3) is 0.182. The van der Waals surface area contributed by atoms with Crippen molar-refractivity contribution in [3.63, 3.8) is 0 Å². The molecule has 1 aliphatic heterocycles. The molecule has 14 heavy (non-hydrogen) atoms. The first-order chi connectivity index (χ1) is 6.68. The summed E-state index contributed by atoms with van der Waals surface area (Å²) in [5, 5.41) is 12.1. The van der Waals surface area contributed by atoms with Crippen molar-refractivity contribution >= 4 is 11.5 Å². The molecule has 0 radical (unpaired) electrons. The highest BCUT2D eigenvalue weighted by Crippen LogP contribution is 2.22. The van der Waals surface area contributed by atoms with E-state index in [0.29, 0.717) is 5.57 Å².